The fraction of sp³-hybridized carbons (Fsp3) is 0.238. The van der Waals surface area contributed by atoms with Crippen LogP contribution in [0.15, 0.2) is 59.3 Å². The number of amides is 1. The standard InChI is InChI=1S/C21H22N2O2/c1-15-7-8-17(13-16(15)2)9-10-20(24)23-14-18-5-3-11-22-21(18)19-6-4-12-25-19/h3-8,11-13H,9-10,14H2,1-2H3,(H,23,24). The molecule has 0 aliphatic heterocycles. The van der Waals surface area contributed by atoms with E-state index in [1.165, 1.54) is 16.7 Å². The van der Waals surface area contributed by atoms with E-state index in [9.17, 15) is 4.79 Å². The van der Waals surface area contributed by atoms with Crippen LogP contribution in [0.25, 0.3) is 11.5 Å². The van der Waals surface area contributed by atoms with Crippen LogP contribution in [0.1, 0.15) is 28.7 Å². The Morgan fingerprint density at radius 1 is 1.12 bits per heavy atom. The zero-order valence-electron chi connectivity index (χ0n) is 14.6. The second-order valence-corrected chi connectivity index (χ2v) is 6.18. The zero-order chi connectivity index (χ0) is 17.6. The molecule has 3 aromatic rings. The molecule has 0 spiro atoms. The molecule has 0 atom stereocenters. The number of nitrogens with one attached hydrogen (secondary N) is 1. The van der Waals surface area contributed by atoms with Crippen LogP contribution >= 0.6 is 0 Å². The number of rotatable bonds is 6. The maximum atomic E-state index is 12.2. The Morgan fingerprint density at radius 2 is 2.00 bits per heavy atom. The van der Waals surface area contributed by atoms with E-state index < -0.39 is 0 Å². The average molecular weight is 334 g/mol. The molecule has 2 aromatic heterocycles. The van der Waals surface area contributed by atoms with Gasteiger partial charge in [-0.05, 0) is 55.2 Å². The van der Waals surface area contributed by atoms with Crippen molar-refractivity contribution in [3.63, 3.8) is 0 Å². The summed E-state index contributed by atoms with van der Waals surface area (Å²) >= 11 is 0. The summed E-state index contributed by atoms with van der Waals surface area (Å²) in [6, 6.07) is 13.9. The quantitative estimate of drug-likeness (QED) is 0.735. The topological polar surface area (TPSA) is 55.1 Å². The SMILES string of the molecule is Cc1ccc(CCC(=O)NCc2cccnc2-c2ccco2)cc1C. The van der Waals surface area contributed by atoms with Crippen molar-refractivity contribution in [2.24, 2.45) is 0 Å². The summed E-state index contributed by atoms with van der Waals surface area (Å²) in [5.41, 5.74) is 5.43. The molecule has 1 aromatic carbocycles. The molecule has 0 radical (unpaired) electrons. The van der Waals surface area contributed by atoms with Gasteiger partial charge < -0.3 is 9.73 Å². The van der Waals surface area contributed by atoms with Gasteiger partial charge in [0.05, 0.1) is 6.26 Å². The number of aromatic nitrogens is 1. The first-order chi connectivity index (χ1) is 12.1. The zero-order valence-corrected chi connectivity index (χ0v) is 14.6. The van der Waals surface area contributed by atoms with E-state index in [4.69, 9.17) is 4.42 Å². The van der Waals surface area contributed by atoms with Crippen molar-refractivity contribution in [3.05, 3.63) is 77.2 Å². The Labute approximate surface area is 147 Å². The molecule has 0 aliphatic rings. The molecule has 25 heavy (non-hydrogen) atoms. The van der Waals surface area contributed by atoms with Crippen molar-refractivity contribution in [2.45, 2.75) is 33.2 Å². The smallest absolute Gasteiger partial charge is 0.220 e. The maximum Gasteiger partial charge on any atom is 0.220 e. The first kappa shape index (κ1) is 17.0. The summed E-state index contributed by atoms with van der Waals surface area (Å²) in [5, 5.41) is 2.98. The van der Waals surface area contributed by atoms with Crippen LogP contribution in [0.2, 0.25) is 0 Å². The van der Waals surface area contributed by atoms with Crippen molar-refractivity contribution >= 4 is 5.91 Å². The molecule has 0 bridgehead atoms. The minimum absolute atomic E-state index is 0.0347. The van der Waals surface area contributed by atoms with Crippen LogP contribution in [-0.2, 0) is 17.8 Å². The molecule has 2 heterocycles. The third-order valence-electron chi connectivity index (χ3n) is 4.33. The summed E-state index contributed by atoms with van der Waals surface area (Å²) in [7, 11) is 0. The monoisotopic (exact) mass is 334 g/mol. The normalized spacial score (nSPS) is 10.6. The number of nitrogens with zero attached hydrogens (tertiary/aromatic N) is 1. The number of aryl methyl sites for hydroxylation is 3. The van der Waals surface area contributed by atoms with E-state index in [0.717, 1.165) is 17.7 Å². The molecule has 0 aliphatic carbocycles. The lowest BCUT2D eigenvalue weighted by Gasteiger charge is -2.09. The number of benzene rings is 1. The van der Waals surface area contributed by atoms with Gasteiger partial charge in [-0.2, -0.15) is 0 Å². The third kappa shape index (κ3) is 4.35. The molecule has 0 fully saturated rings. The van der Waals surface area contributed by atoms with Crippen LogP contribution in [0.3, 0.4) is 0 Å². The molecule has 0 saturated carbocycles. The molecule has 128 valence electrons. The highest BCUT2D eigenvalue weighted by molar-refractivity contribution is 5.76. The second-order valence-electron chi connectivity index (χ2n) is 6.18. The van der Waals surface area contributed by atoms with Gasteiger partial charge in [-0.1, -0.05) is 24.3 Å². The van der Waals surface area contributed by atoms with Crippen LogP contribution in [0, 0.1) is 13.8 Å². The first-order valence-corrected chi connectivity index (χ1v) is 8.44. The summed E-state index contributed by atoms with van der Waals surface area (Å²) in [6.07, 6.45) is 4.56. The van der Waals surface area contributed by atoms with Crippen LogP contribution in [0.4, 0.5) is 0 Å². The lowest BCUT2D eigenvalue weighted by molar-refractivity contribution is -0.121. The Morgan fingerprint density at radius 3 is 2.76 bits per heavy atom. The van der Waals surface area contributed by atoms with E-state index in [1.807, 2.05) is 24.3 Å². The van der Waals surface area contributed by atoms with Gasteiger partial charge in [0.15, 0.2) is 5.76 Å². The van der Waals surface area contributed by atoms with Crippen LogP contribution in [-0.4, -0.2) is 10.9 Å². The Bertz CT molecular complexity index is 854. The Hall–Kier alpha value is -2.88. The molecule has 1 amide bonds. The molecule has 3 rings (SSSR count). The molecule has 0 saturated heterocycles. The molecule has 4 heteroatoms. The third-order valence-corrected chi connectivity index (χ3v) is 4.33. The lowest BCUT2D eigenvalue weighted by atomic mass is 10.0. The summed E-state index contributed by atoms with van der Waals surface area (Å²) in [4.78, 5) is 16.5. The van der Waals surface area contributed by atoms with E-state index >= 15 is 0 Å². The van der Waals surface area contributed by atoms with Crippen molar-refractivity contribution in [2.75, 3.05) is 0 Å². The number of hydrogen-bond acceptors (Lipinski definition) is 3. The number of carbonyl (C=O) groups is 1. The fourth-order valence-electron chi connectivity index (χ4n) is 2.72. The summed E-state index contributed by atoms with van der Waals surface area (Å²) in [6.45, 7) is 4.63. The highest BCUT2D eigenvalue weighted by Crippen LogP contribution is 2.21. The predicted molar refractivity (Wildman–Crippen MR) is 98.0 cm³/mol. The Balaban J connectivity index is 1.57. The fourth-order valence-corrected chi connectivity index (χ4v) is 2.72. The molecular weight excluding hydrogens is 312 g/mol. The summed E-state index contributed by atoms with van der Waals surface area (Å²) < 4.78 is 5.42. The van der Waals surface area contributed by atoms with Gasteiger partial charge in [0.2, 0.25) is 5.91 Å². The predicted octanol–water partition coefficient (Wildman–Crippen LogP) is 4.21. The van der Waals surface area contributed by atoms with Gasteiger partial charge in [-0.15, -0.1) is 0 Å². The lowest BCUT2D eigenvalue weighted by Crippen LogP contribution is -2.23. The second kappa shape index (κ2) is 7.79. The minimum atomic E-state index is 0.0347. The average Bonchev–Trinajstić information content (AvgIpc) is 3.15. The van der Waals surface area contributed by atoms with Crippen molar-refractivity contribution in [1.82, 2.24) is 10.3 Å². The van der Waals surface area contributed by atoms with Gasteiger partial charge in [-0.25, -0.2) is 0 Å². The van der Waals surface area contributed by atoms with Crippen LogP contribution in [0.5, 0.6) is 0 Å². The van der Waals surface area contributed by atoms with Crippen molar-refractivity contribution in [1.29, 1.82) is 0 Å². The van der Waals surface area contributed by atoms with E-state index in [1.54, 1.807) is 12.5 Å². The summed E-state index contributed by atoms with van der Waals surface area (Å²) in [5.74, 6) is 0.743. The van der Waals surface area contributed by atoms with Gasteiger partial charge in [0, 0.05) is 24.7 Å². The maximum absolute atomic E-state index is 12.2. The number of furan rings is 1. The van der Waals surface area contributed by atoms with Gasteiger partial charge >= 0.3 is 0 Å². The highest BCUT2D eigenvalue weighted by Gasteiger charge is 2.10. The van der Waals surface area contributed by atoms with Gasteiger partial charge in [-0.3, -0.25) is 9.78 Å². The minimum Gasteiger partial charge on any atom is -0.463 e. The van der Waals surface area contributed by atoms with E-state index in [2.05, 4.69) is 42.3 Å². The molecule has 0 unspecified atom stereocenters. The highest BCUT2D eigenvalue weighted by atomic mass is 16.3. The number of pyridine rings is 1. The largest absolute Gasteiger partial charge is 0.463 e. The molecule has 4 nitrogen and oxygen atoms in total. The van der Waals surface area contributed by atoms with E-state index in [0.29, 0.717) is 18.7 Å². The molecular formula is C21H22N2O2. The van der Waals surface area contributed by atoms with Gasteiger partial charge in [0.1, 0.15) is 5.69 Å². The number of hydrogen-bond donors (Lipinski definition) is 1. The van der Waals surface area contributed by atoms with Crippen molar-refractivity contribution < 1.29 is 9.21 Å². The van der Waals surface area contributed by atoms with Crippen molar-refractivity contribution in [3.8, 4) is 11.5 Å². The Kier molecular flexibility index (Phi) is 5.29. The van der Waals surface area contributed by atoms with Gasteiger partial charge in [0.25, 0.3) is 0 Å². The van der Waals surface area contributed by atoms with E-state index in [-0.39, 0.29) is 5.91 Å². The molecule has 1 N–H and O–H groups in total. The first-order valence-electron chi connectivity index (χ1n) is 8.44. The van der Waals surface area contributed by atoms with Crippen LogP contribution < -0.4 is 5.32 Å². The number of carbonyl (C=O) groups excluding carboxylic acids is 1.